The number of hydrogen-bond acceptors (Lipinski definition) is 5. The van der Waals surface area contributed by atoms with Crippen LogP contribution in [0.15, 0.2) is 22.8 Å². The lowest BCUT2D eigenvalue weighted by Gasteiger charge is -2.23. The van der Waals surface area contributed by atoms with E-state index in [-0.39, 0.29) is 29.8 Å². The molecule has 2 aromatic heterocycles. The first-order chi connectivity index (χ1) is 11.8. The van der Waals surface area contributed by atoms with E-state index in [9.17, 15) is 14.4 Å². The van der Waals surface area contributed by atoms with Gasteiger partial charge in [0.05, 0.1) is 18.9 Å². The summed E-state index contributed by atoms with van der Waals surface area (Å²) in [5, 5.41) is 0. The third-order valence-corrected chi connectivity index (χ3v) is 4.18. The van der Waals surface area contributed by atoms with Crippen LogP contribution in [0.2, 0.25) is 0 Å². The number of ether oxygens (including phenoxy) is 1. The number of Topliss-reactive ketones (excluding diaryl/α,β-unsaturated/α-hetero) is 1. The minimum absolute atomic E-state index is 0.164. The molecule has 25 heavy (non-hydrogen) atoms. The highest BCUT2D eigenvalue weighted by Crippen LogP contribution is 2.22. The molecule has 0 radical (unpaired) electrons. The van der Waals surface area contributed by atoms with Crippen LogP contribution in [0.4, 0.5) is 0 Å². The van der Waals surface area contributed by atoms with E-state index in [2.05, 4.69) is 4.98 Å². The predicted octanol–water partition coefficient (Wildman–Crippen LogP) is 2.74. The number of esters is 1. The van der Waals surface area contributed by atoms with Crippen LogP contribution in [0.1, 0.15) is 56.5 Å². The maximum atomic E-state index is 12.9. The molecule has 2 aromatic rings. The van der Waals surface area contributed by atoms with Gasteiger partial charge in [0.25, 0.3) is 5.91 Å². The Balaban J connectivity index is 2.28. The fourth-order valence-corrected chi connectivity index (χ4v) is 2.66. The molecule has 0 bridgehead atoms. The quantitative estimate of drug-likeness (QED) is 0.641. The number of aryl methyl sites for hydroxylation is 1. The summed E-state index contributed by atoms with van der Waals surface area (Å²) in [6.45, 7) is 7.00. The summed E-state index contributed by atoms with van der Waals surface area (Å²) in [5.74, 6) is -0.988. The SMILES string of the molecule is CCOC(=O)c1[nH]c(C)c(C(=O)[C@@H](C)N(C)C(=O)c2ccco2)c1C. The summed E-state index contributed by atoms with van der Waals surface area (Å²) in [5.41, 5.74) is 1.74. The van der Waals surface area contributed by atoms with Crippen LogP contribution in [0.3, 0.4) is 0 Å². The molecule has 1 atom stereocenters. The Hall–Kier alpha value is -2.83. The number of nitrogens with one attached hydrogen (secondary N) is 1. The number of amides is 1. The molecule has 2 rings (SSSR count). The summed E-state index contributed by atoms with van der Waals surface area (Å²) >= 11 is 0. The maximum Gasteiger partial charge on any atom is 0.355 e. The molecule has 1 N–H and O–H groups in total. The molecule has 7 nitrogen and oxygen atoms in total. The number of likely N-dealkylation sites (N-methyl/N-ethyl adjacent to an activating group) is 1. The van der Waals surface area contributed by atoms with Gasteiger partial charge in [-0.15, -0.1) is 0 Å². The van der Waals surface area contributed by atoms with Gasteiger partial charge in [-0.1, -0.05) is 0 Å². The Labute approximate surface area is 145 Å². The van der Waals surface area contributed by atoms with Crippen molar-refractivity contribution in [1.29, 1.82) is 0 Å². The first kappa shape index (κ1) is 18.5. The standard InChI is InChI=1S/C18H22N2O5/c1-6-24-18(23)15-10(2)14(11(3)19-15)16(21)12(4)20(5)17(22)13-8-7-9-25-13/h7-9,12,19H,6H2,1-5H3/t12-/m1/s1. The van der Waals surface area contributed by atoms with Gasteiger partial charge < -0.3 is 19.0 Å². The van der Waals surface area contributed by atoms with Crippen LogP contribution >= 0.6 is 0 Å². The lowest BCUT2D eigenvalue weighted by atomic mass is 10.00. The second kappa shape index (κ2) is 7.38. The molecule has 0 saturated heterocycles. The van der Waals surface area contributed by atoms with Crippen molar-refractivity contribution in [3.05, 3.63) is 46.7 Å². The van der Waals surface area contributed by atoms with E-state index in [4.69, 9.17) is 9.15 Å². The van der Waals surface area contributed by atoms with Gasteiger partial charge in [0.1, 0.15) is 5.69 Å². The number of nitrogens with zero attached hydrogens (tertiary/aromatic N) is 1. The van der Waals surface area contributed by atoms with E-state index >= 15 is 0 Å². The molecule has 0 aliphatic carbocycles. The predicted molar refractivity (Wildman–Crippen MR) is 90.8 cm³/mol. The minimum atomic E-state index is -0.721. The van der Waals surface area contributed by atoms with Gasteiger partial charge in [0.15, 0.2) is 11.5 Å². The summed E-state index contributed by atoms with van der Waals surface area (Å²) < 4.78 is 10.1. The first-order valence-corrected chi connectivity index (χ1v) is 8.00. The fraction of sp³-hybridized carbons (Fsp3) is 0.389. The lowest BCUT2D eigenvalue weighted by Crippen LogP contribution is -2.40. The Kier molecular flexibility index (Phi) is 5.46. The van der Waals surface area contributed by atoms with E-state index in [0.29, 0.717) is 16.8 Å². The summed E-state index contributed by atoms with van der Waals surface area (Å²) in [6, 6.07) is 2.43. The highest BCUT2D eigenvalue weighted by molar-refractivity contribution is 6.07. The molecular weight excluding hydrogens is 324 g/mol. The molecule has 0 unspecified atom stereocenters. The molecule has 2 heterocycles. The Morgan fingerprint density at radius 3 is 2.56 bits per heavy atom. The van der Waals surface area contributed by atoms with Crippen LogP contribution in [0.25, 0.3) is 0 Å². The largest absolute Gasteiger partial charge is 0.461 e. The van der Waals surface area contributed by atoms with Crippen LogP contribution in [-0.2, 0) is 4.74 Å². The van der Waals surface area contributed by atoms with Crippen LogP contribution in [0, 0.1) is 13.8 Å². The zero-order valence-electron chi connectivity index (χ0n) is 15.0. The van der Waals surface area contributed by atoms with Gasteiger partial charge in [0, 0.05) is 18.3 Å². The summed E-state index contributed by atoms with van der Waals surface area (Å²) in [4.78, 5) is 41.5. The molecule has 0 saturated carbocycles. The Morgan fingerprint density at radius 2 is 2.00 bits per heavy atom. The van der Waals surface area contributed by atoms with Crippen molar-refractivity contribution in [3.8, 4) is 0 Å². The number of aromatic nitrogens is 1. The number of H-pyrrole nitrogens is 1. The van der Waals surface area contributed by atoms with Crippen molar-refractivity contribution in [2.24, 2.45) is 0 Å². The average molecular weight is 346 g/mol. The van der Waals surface area contributed by atoms with E-state index < -0.39 is 12.0 Å². The fourth-order valence-electron chi connectivity index (χ4n) is 2.66. The number of rotatable bonds is 6. The maximum absolute atomic E-state index is 12.9. The number of aromatic amines is 1. The molecule has 7 heteroatoms. The summed E-state index contributed by atoms with van der Waals surface area (Å²) in [7, 11) is 1.54. The summed E-state index contributed by atoms with van der Waals surface area (Å²) in [6.07, 6.45) is 1.40. The molecule has 134 valence electrons. The number of furan rings is 1. The third-order valence-electron chi connectivity index (χ3n) is 4.18. The van der Waals surface area contributed by atoms with Gasteiger partial charge in [0.2, 0.25) is 0 Å². The Bertz CT molecular complexity index is 789. The first-order valence-electron chi connectivity index (χ1n) is 8.00. The van der Waals surface area contributed by atoms with Crippen LogP contribution in [0.5, 0.6) is 0 Å². The highest BCUT2D eigenvalue weighted by Gasteiger charge is 2.30. The van der Waals surface area contributed by atoms with Crippen molar-refractivity contribution in [2.75, 3.05) is 13.7 Å². The smallest absolute Gasteiger partial charge is 0.355 e. The third kappa shape index (κ3) is 3.50. The molecule has 0 aliphatic rings. The molecule has 0 aliphatic heterocycles. The van der Waals surface area contributed by atoms with Gasteiger partial charge in [-0.25, -0.2) is 4.79 Å². The van der Waals surface area contributed by atoms with Crippen molar-refractivity contribution in [2.45, 2.75) is 33.7 Å². The second-order valence-electron chi connectivity index (χ2n) is 5.78. The number of ketones is 1. The van der Waals surface area contributed by atoms with Gasteiger partial charge in [-0.05, 0) is 45.4 Å². The zero-order valence-corrected chi connectivity index (χ0v) is 15.0. The lowest BCUT2D eigenvalue weighted by molar-refractivity contribution is 0.0519. The number of carbonyl (C=O) groups is 3. The van der Waals surface area contributed by atoms with E-state index in [0.717, 1.165) is 0 Å². The van der Waals surface area contributed by atoms with E-state index in [1.807, 2.05) is 0 Å². The van der Waals surface area contributed by atoms with E-state index in [1.165, 1.54) is 18.2 Å². The normalized spacial score (nSPS) is 11.9. The molecular formula is C18H22N2O5. The average Bonchev–Trinajstić information content (AvgIpc) is 3.21. The number of hydrogen-bond donors (Lipinski definition) is 1. The molecule has 0 aromatic carbocycles. The van der Waals surface area contributed by atoms with Crippen molar-refractivity contribution < 1.29 is 23.5 Å². The zero-order chi connectivity index (χ0) is 18.7. The molecule has 0 spiro atoms. The minimum Gasteiger partial charge on any atom is -0.461 e. The van der Waals surface area contributed by atoms with Crippen molar-refractivity contribution in [3.63, 3.8) is 0 Å². The van der Waals surface area contributed by atoms with Crippen LogP contribution < -0.4 is 0 Å². The van der Waals surface area contributed by atoms with Crippen molar-refractivity contribution in [1.82, 2.24) is 9.88 Å². The second-order valence-corrected chi connectivity index (χ2v) is 5.78. The van der Waals surface area contributed by atoms with Crippen LogP contribution in [-0.4, -0.2) is 47.2 Å². The highest BCUT2D eigenvalue weighted by atomic mass is 16.5. The van der Waals surface area contributed by atoms with Gasteiger partial charge in [-0.3, -0.25) is 9.59 Å². The topological polar surface area (TPSA) is 92.6 Å². The van der Waals surface area contributed by atoms with E-state index in [1.54, 1.807) is 39.8 Å². The van der Waals surface area contributed by atoms with Gasteiger partial charge >= 0.3 is 5.97 Å². The van der Waals surface area contributed by atoms with Gasteiger partial charge in [-0.2, -0.15) is 0 Å². The molecule has 1 amide bonds. The number of carbonyl (C=O) groups excluding carboxylic acids is 3. The Morgan fingerprint density at radius 1 is 1.32 bits per heavy atom. The monoisotopic (exact) mass is 346 g/mol. The molecule has 0 fully saturated rings. The van der Waals surface area contributed by atoms with Crippen molar-refractivity contribution >= 4 is 17.7 Å².